The van der Waals surface area contributed by atoms with Crippen molar-refractivity contribution >= 4 is 30.0 Å². The molecule has 1 saturated heterocycles. The Morgan fingerprint density at radius 3 is 2.35 bits per heavy atom. The lowest BCUT2D eigenvalue weighted by Crippen LogP contribution is -2.57. The van der Waals surface area contributed by atoms with E-state index in [0.29, 0.717) is 45.2 Å². The summed E-state index contributed by atoms with van der Waals surface area (Å²) in [6.07, 6.45) is 1.69. The Kier molecular flexibility index (Phi) is 14.3. The molecule has 0 bridgehead atoms. The smallest absolute Gasteiger partial charge is 0.408 e. The molecule has 3 N–H and O–H groups in total. The van der Waals surface area contributed by atoms with Gasteiger partial charge in [-0.05, 0) is 64.4 Å². The highest BCUT2D eigenvalue weighted by Crippen LogP contribution is 2.21. The highest BCUT2D eigenvalue weighted by Gasteiger charge is 2.39. The molecular weight excluding hydrogens is 556 g/mol. The number of methoxy groups -OCH3 is 1. The standard InChI is InChI=1S/C31H48N4O8/c1-7-21(2)25(34-30(40)43-31(3,4)5)26(36)33-23(27(37)35-19-13-17-24(35)28(38)41-6)16-11-12-18-32-29(39)42-20-22-14-9-8-10-15-22/h8-10,14-15,21,23-25H,7,11-13,16-20H2,1-6H3,(H,32,39)(H,33,36)(H,34,40)/t21-,23-,24-,25-/m0/s1. The van der Waals surface area contributed by atoms with Gasteiger partial charge in [0.1, 0.15) is 30.3 Å². The minimum absolute atomic E-state index is 0.154. The van der Waals surface area contributed by atoms with E-state index in [0.717, 1.165) is 5.56 Å². The molecule has 2 rings (SSSR count). The number of amides is 4. The first-order valence-electron chi connectivity index (χ1n) is 15.0. The van der Waals surface area contributed by atoms with Crippen LogP contribution < -0.4 is 16.0 Å². The lowest BCUT2D eigenvalue weighted by atomic mass is 9.97. The number of nitrogens with zero attached hydrogens (tertiary/aromatic N) is 1. The maximum Gasteiger partial charge on any atom is 0.408 e. The fourth-order valence-corrected chi connectivity index (χ4v) is 4.71. The molecule has 0 aliphatic carbocycles. The van der Waals surface area contributed by atoms with Gasteiger partial charge in [0.05, 0.1) is 7.11 Å². The van der Waals surface area contributed by atoms with Crippen LogP contribution in [0.15, 0.2) is 30.3 Å². The van der Waals surface area contributed by atoms with Gasteiger partial charge >= 0.3 is 18.2 Å². The van der Waals surface area contributed by atoms with E-state index < -0.39 is 53.7 Å². The summed E-state index contributed by atoms with van der Waals surface area (Å²) in [7, 11) is 1.28. The summed E-state index contributed by atoms with van der Waals surface area (Å²) in [5.41, 5.74) is 0.124. The number of nitrogens with one attached hydrogen (secondary N) is 3. The Morgan fingerprint density at radius 2 is 1.72 bits per heavy atom. The maximum absolute atomic E-state index is 13.7. The van der Waals surface area contributed by atoms with Crippen LogP contribution in [0.5, 0.6) is 0 Å². The molecule has 12 nitrogen and oxygen atoms in total. The molecule has 0 radical (unpaired) electrons. The summed E-state index contributed by atoms with van der Waals surface area (Å²) >= 11 is 0. The summed E-state index contributed by atoms with van der Waals surface area (Å²) in [6.45, 7) is 9.74. The number of ether oxygens (including phenoxy) is 3. The zero-order chi connectivity index (χ0) is 32.0. The molecule has 240 valence electrons. The first-order valence-corrected chi connectivity index (χ1v) is 15.0. The summed E-state index contributed by atoms with van der Waals surface area (Å²) in [5, 5.41) is 8.18. The number of carbonyl (C=O) groups is 5. The molecule has 1 fully saturated rings. The number of esters is 1. The van der Waals surface area contributed by atoms with Crippen LogP contribution in [0.3, 0.4) is 0 Å². The van der Waals surface area contributed by atoms with Crippen molar-refractivity contribution in [2.75, 3.05) is 20.2 Å². The maximum atomic E-state index is 13.7. The Bertz CT molecular complexity index is 1080. The van der Waals surface area contributed by atoms with Crippen LogP contribution in [0.25, 0.3) is 0 Å². The second-order valence-electron chi connectivity index (χ2n) is 11.8. The van der Waals surface area contributed by atoms with Gasteiger partial charge in [-0.2, -0.15) is 0 Å². The van der Waals surface area contributed by atoms with E-state index in [1.807, 2.05) is 44.2 Å². The molecule has 12 heteroatoms. The van der Waals surface area contributed by atoms with Gasteiger partial charge in [0.25, 0.3) is 0 Å². The van der Waals surface area contributed by atoms with Crippen molar-refractivity contribution in [3.05, 3.63) is 35.9 Å². The number of hydrogen-bond acceptors (Lipinski definition) is 8. The summed E-state index contributed by atoms with van der Waals surface area (Å²) in [5.74, 6) is -1.66. The number of alkyl carbamates (subject to hydrolysis) is 2. The van der Waals surface area contributed by atoms with E-state index in [9.17, 15) is 24.0 Å². The van der Waals surface area contributed by atoms with Crippen molar-refractivity contribution in [2.45, 2.75) is 103 Å². The molecule has 1 heterocycles. The number of carbonyl (C=O) groups excluding carboxylic acids is 5. The molecule has 0 spiro atoms. The molecule has 1 aliphatic heterocycles. The van der Waals surface area contributed by atoms with Crippen molar-refractivity contribution in [1.29, 1.82) is 0 Å². The van der Waals surface area contributed by atoms with Crippen molar-refractivity contribution in [3.8, 4) is 0 Å². The SMILES string of the molecule is CC[C@H](C)[C@H](NC(=O)OC(C)(C)C)C(=O)N[C@@H](CCCCNC(=O)OCc1ccccc1)C(=O)N1CCC[C@H]1C(=O)OC. The molecule has 4 atom stereocenters. The zero-order valence-corrected chi connectivity index (χ0v) is 26.3. The van der Waals surface area contributed by atoms with E-state index in [4.69, 9.17) is 14.2 Å². The monoisotopic (exact) mass is 604 g/mol. The minimum atomic E-state index is -0.949. The van der Waals surface area contributed by atoms with Crippen molar-refractivity contribution in [1.82, 2.24) is 20.9 Å². The van der Waals surface area contributed by atoms with Crippen molar-refractivity contribution in [2.24, 2.45) is 5.92 Å². The Hall–Kier alpha value is -3.83. The van der Waals surface area contributed by atoms with Gasteiger partial charge in [-0.3, -0.25) is 9.59 Å². The number of hydrogen-bond donors (Lipinski definition) is 3. The number of rotatable bonds is 14. The first-order chi connectivity index (χ1) is 20.4. The topological polar surface area (TPSA) is 152 Å². The second-order valence-corrected chi connectivity index (χ2v) is 11.8. The van der Waals surface area contributed by atoms with Crippen molar-refractivity contribution < 1.29 is 38.2 Å². The predicted molar refractivity (Wildman–Crippen MR) is 160 cm³/mol. The van der Waals surface area contributed by atoms with Crippen LogP contribution in [0.1, 0.15) is 78.7 Å². The molecule has 0 unspecified atom stereocenters. The van der Waals surface area contributed by atoms with Gasteiger partial charge in [-0.1, -0.05) is 50.6 Å². The average Bonchev–Trinajstić information content (AvgIpc) is 3.46. The van der Waals surface area contributed by atoms with Crippen LogP contribution >= 0.6 is 0 Å². The van der Waals surface area contributed by atoms with E-state index >= 15 is 0 Å². The minimum Gasteiger partial charge on any atom is -0.467 e. The highest BCUT2D eigenvalue weighted by molar-refractivity contribution is 5.93. The Labute approximate surface area is 254 Å². The van der Waals surface area contributed by atoms with E-state index in [1.54, 1.807) is 20.8 Å². The van der Waals surface area contributed by atoms with Gasteiger partial charge in [-0.15, -0.1) is 0 Å². The first kappa shape index (κ1) is 35.4. The molecular formula is C31H48N4O8. The van der Waals surface area contributed by atoms with E-state index in [-0.39, 0.29) is 18.9 Å². The quantitative estimate of drug-likeness (QED) is 0.165. The molecule has 1 aromatic rings. The Balaban J connectivity index is 2.05. The largest absolute Gasteiger partial charge is 0.467 e. The molecule has 1 aliphatic rings. The van der Waals surface area contributed by atoms with Crippen LogP contribution in [-0.2, 0) is 35.2 Å². The number of benzene rings is 1. The van der Waals surface area contributed by atoms with Gasteiger partial charge in [0.2, 0.25) is 11.8 Å². The van der Waals surface area contributed by atoms with Crippen LogP contribution in [0.4, 0.5) is 9.59 Å². The normalized spacial score (nSPS) is 16.8. The average molecular weight is 605 g/mol. The van der Waals surface area contributed by atoms with Gasteiger partial charge in [0, 0.05) is 13.1 Å². The molecule has 0 saturated carbocycles. The number of unbranched alkanes of at least 4 members (excludes halogenated alkanes) is 1. The fourth-order valence-electron chi connectivity index (χ4n) is 4.71. The third kappa shape index (κ3) is 12.1. The fraction of sp³-hybridized carbons (Fsp3) is 0.645. The van der Waals surface area contributed by atoms with Crippen LogP contribution in [0, 0.1) is 5.92 Å². The third-order valence-electron chi connectivity index (χ3n) is 7.19. The van der Waals surface area contributed by atoms with Crippen molar-refractivity contribution in [3.63, 3.8) is 0 Å². The zero-order valence-electron chi connectivity index (χ0n) is 26.3. The van der Waals surface area contributed by atoms with Gasteiger partial charge in [0.15, 0.2) is 0 Å². The summed E-state index contributed by atoms with van der Waals surface area (Å²) in [6, 6.07) is 6.72. The van der Waals surface area contributed by atoms with Crippen LogP contribution in [-0.4, -0.2) is 78.8 Å². The Morgan fingerprint density at radius 1 is 1.02 bits per heavy atom. The lowest BCUT2D eigenvalue weighted by Gasteiger charge is -2.31. The third-order valence-corrected chi connectivity index (χ3v) is 7.19. The van der Waals surface area contributed by atoms with Gasteiger partial charge in [-0.25, -0.2) is 14.4 Å². The molecule has 4 amide bonds. The summed E-state index contributed by atoms with van der Waals surface area (Å²) < 4.78 is 15.5. The van der Waals surface area contributed by atoms with E-state index in [2.05, 4.69) is 16.0 Å². The second kappa shape index (κ2) is 17.3. The highest BCUT2D eigenvalue weighted by atomic mass is 16.6. The summed E-state index contributed by atoms with van der Waals surface area (Å²) in [4.78, 5) is 65.5. The van der Waals surface area contributed by atoms with Crippen LogP contribution in [0.2, 0.25) is 0 Å². The van der Waals surface area contributed by atoms with Gasteiger partial charge < -0.3 is 35.1 Å². The molecule has 0 aromatic heterocycles. The number of likely N-dealkylation sites (tertiary alicyclic amines) is 1. The van der Waals surface area contributed by atoms with E-state index in [1.165, 1.54) is 12.0 Å². The molecule has 43 heavy (non-hydrogen) atoms. The molecule has 1 aromatic carbocycles. The lowest BCUT2D eigenvalue weighted by molar-refractivity contribution is -0.152. The predicted octanol–water partition coefficient (Wildman–Crippen LogP) is 3.67.